The number of amides is 2. The van der Waals surface area contributed by atoms with Gasteiger partial charge in [-0.1, -0.05) is 0 Å². The minimum atomic E-state index is -1.10. The van der Waals surface area contributed by atoms with Crippen LogP contribution in [0.15, 0.2) is 39.9 Å². The molecule has 4 heterocycles. The van der Waals surface area contributed by atoms with Crippen LogP contribution in [0.25, 0.3) is 11.3 Å². The molecule has 0 saturated carbocycles. The van der Waals surface area contributed by atoms with Crippen molar-refractivity contribution < 1.29 is 18.7 Å². The number of benzene rings is 1. The molecule has 10 nitrogen and oxygen atoms in total. The molecule has 2 saturated heterocycles. The average molecular weight is 455 g/mol. The van der Waals surface area contributed by atoms with E-state index in [2.05, 4.69) is 15.2 Å². The van der Waals surface area contributed by atoms with Crippen molar-refractivity contribution in [2.75, 3.05) is 64.9 Å². The van der Waals surface area contributed by atoms with Crippen molar-refractivity contribution in [2.45, 2.75) is 12.3 Å². The molecule has 33 heavy (non-hydrogen) atoms. The van der Waals surface area contributed by atoms with Crippen molar-refractivity contribution >= 4 is 17.9 Å². The van der Waals surface area contributed by atoms with E-state index in [0.717, 1.165) is 35.5 Å². The van der Waals surface area contributed by atoms with Crippen molar-refractivity contribution in [2.24, 2.45) is 10.7 Å². The normalized spacial score (nSPS) is 23.6. The molecular weight excluding hydrogens is 424 g/mol. The summed E-state index contributed by atoms with van der Waals surface area (Å²) in [6.45, 7) is 5.12. The lowest BCUT2D eigenvalue weighted by Crippen LogP contribution is -2.62. The predicted molar refractivity (Wildman–Crippen MR) is 124 cm³/mol. The number of hydrogen-bond donors (Lipinski definition) is 2. The van der Waals surface area contributed by atoms with E-state index in [1.54, 1.807) is 19.6 Å². The first-order valence-corrected chi connectivity index (χ1v) is 11.3. The largest absolute Gasteiger partial charge is 0.496 e. The topological polar surface area (TPSA) is 109 Å². The molecule has 1 aromatic heterocycles. The summed E-state index contributed by atoms with van der Waals surface area (Å²) in [6, 6.07) is 7.72. The zero-order valence-corrected chi connectivity index (χ0v) is 18.8. The summed E-state index contributed by atoms with van der Waals surface area (Å²) in [7, 11) is 1.63. The third kappa shape index (κ3) is 4.29. The number of furan rings is 1. The average Bonchev–Trinajstić information content (AvgIpc) is 3.27. The molecule has 3 aliphatic rings. The van der Waals surface area contributed by atoms with Gasteiger partial charge in [-0.2, -0.15) is 0 Å². The molecule has 3 aliphatic heterocycles. The van der Waals surface area contributed by atoms with E-state index < -0.39 is 5.91 Å². The maximum atomic E-state index is 12.9. The van der Waals surface area contributed by atoms with Crippen molar-refractivity contribution in [3.63, 3.8) is 0 Å². The van der Waals surface area contributed by atoms with Gasteiger partial charge in [0.15, 0.2) is 0 Å². The van der Waals surface area contributed by atoms with Gasteiger partial charge in [0.1, 0.15) is 11.5 Å². The molecule has 2 fully saturated rings. The smallest absolute Gasteiger partial charge is 0.320 e. The van der Waals surface area contributed by atoms with Gasteiger partial charge in [0.05, 0.1) is 37.8 Å². The second kappa shape index (κ2) is 9.05. The van der Waals surface area contributed by atoms with Crippen molar-refractivity contribution in [1.82, 2.24) is 14.7 Å². The third-order valence-corrected chi connectivity index (χ3v) is 6.41. The summed E-state index contributed by atoms with van der Waals surface area (Å²) >= 11 is 0. The lowest BCUT2D eigenvalue weighted by molar-refractivity contribution is 0.0432. The molecule has 3 N–H and O–H groups in total. The second-order valence-corrected chi connectivity index (χ2v) is 8.44. The van der Waals surface area contributed by atoms with Crippen LogP contribution in [0.4, 0.5) is 10.5 Å². The summed E-state index contributed by atoms with van der Waals surface area (Å²) in [6.07, 6.45) is 4.25. The van der Waals surface area contributed by atoms with E-state index in [1.807, 2.05) is 34.1 Å². The molecule has 176 valence electrons. The lowest BCUT2D eigenvalue weighted by atomic mass is 10.0. The highest BCUT2D eigenvalue weighted by molar-refractivity contribution is 5.93. The molecule has 5 rings (SSSR count). The summed E-state index contributed by atoms with van der Waals surface area (Å²) < 4.78 is 16.5. The van der Waals surface area contributed by atoms with Crippen LogP contribution in [0.1, 0.15) is 12.0 Å². The summed E-state index contributed by atoms with van der Waals surface area (Å²) in [5, 5.41) is 3.39. The van der Waals surface area contributed by atoms with Crippen LogP contribution in [0.2, 0.25) is 0 Å². The standard InChI is InChI=1S/C23H30N6O4/c1-31-21-15-19-17(14-18(21)20-4-2-11-33-20)16-25-23(24,26-19)29-6-3-5-27(7-8-29)22(30)28-9-12-32-13-10-28/h2,4,11,14-16,26H,3,5-10,12-13,24H2,1H3. The number of aliphatic imine (C=N–C) groups is 1. The first-order valence-electron chi connectivity index (χ1n) is 11.3. The van der Waals surface area contributed by atoms with E-state index in [-0.39, 0.29) is 6.03 Å². The van der Waals surface area contributed by atoms with E-state index in [4.69, 9.17) is 19.6 Å². The third-order valence-electron chi connectivity index (χ3n) is 6.41. The quantitative estimate of drug-likeness (QED) is 0.728. The van der Waals surface area contributed by atoms with Gasteiger partial charge in [0, 0.05) is 57.1 Å². The fourth-order valence-electron chi connectivity index (χ4n) is 4.57. The van der Waals surface area contributed by atoms with Crippen LogP contribution < -0.4 is 15.8 Å². The van der Waals surface area contributed by atoms with E-state index >= 15 is 0 Å². The van der Waals surface area contributed by atoms with Crippen molar-refractivity contribution in [3.8, 4) is 17.1 Å². The maximum Gasteiger partial charge on any atom is 0.320 e. The first kappa shape index (κ1) is 21.7. The molecule has 10 heteroatoms. The van der Waals surface area contributed by atoms with Crippen LogP contribution in [-0.4, -0.2) is 92.4 Å². The van der Waals surface area contributed by atoms with Gasteiger partial charge in [-0.05, 0) is 24.6 Å². The number of urea groups is 1. The van der Waals surface area contributed by atoms with Gasteiger partial charge in [-0.15, -0.1) is 0 Å². The lowest BCUT2D eigenvalue weighted by Gasteiger charge is -2.40. The molecule has 0 radical (unpaired) electrons. The van der Waals surface area contributed by atoms with Crippen molar-refractivity contribution in [1.29, 1.82) is 0 Å². The molecule has 1 unspecified atom stereocenters. The highest BCUT2D eigenvalue weighted by Gasteiger charge is 2.37. The van der Waals surface area contributed by atoms with Crippen LogP contribution in [-0.2, 0) is 4.74 Å². The highest BCUT2D eigenvalue weighted by Crippen LogP contribution is 2.37. The Morgan fingerprint density at radius 1 is 1.15 bits per heavy atom. The zero-order valence-electron chi connectivity index (χ0n) is 18.8. The Kier molecular flexibility index (Phi) is 5.96. The highest BCUT2D eigenvalue weighted by atomic mass is 16.5. The number of anilines is 1. The number of morpholine rings is 1. The number of nitrogens with two attached hydrogens (primary N) is 1. The fraction of sp³-hybridized carbons (Fsp3) is 0.478. The number of fused-ring (bicyclic) bond motifs is 1. The van der Waals surface area contributed by atoms with Crippen LogP contribution in [0, 0.1) is 0 Å². The van der Waals surface area contributed by atoms with Gasteiger partial charge in [0.2, 0.25) is 5.91 Å². The Hall–Kier alpha value is -3.08. The molecule has 0 spiro atoms. The minimum Gasteiger partial charge on any atom is -0.496 e. The number of nitrogens with one attached hydrogen (secondary N) is 1. The number of carbonyl (C=O) groups is 1. The monoisotopic (exact) mass is 454 g/mol. The van der Waals surface area contributed by atoms with E-state index in [1.165, 1.54) is 0 Å². The SMILES string of the molecule is COc1cc2c(cc1-c1ccco1)C=NC(N)(N1CCCN(C(=O)N3CCOCC3)CC1)N2. The molecular formula is C23H30N6O4. The van der Waals surface area contributed by atoms with E-state index in [9.17, 15) is 4.79 Å². The van der Waals surface area contributed by atoms with Gasteiger partial charge in [0.25, 0.3) is 0 Å². The van der Waals surface area contributed by atoms with Crippen molar-refractivity contribution in [3.05, 3.63) is 36.1 Å². The Balaban J connectivity index is 1.31. The first-order chi connectivity index (χ1) is 16.1. The molecule has 2 aromatic rings. The van der Waals surface area contributed by atoms with Crippen LogP contribution in [0.3, 0.4) is 0 Å². The maximum absolute atomic E-state index is 12.9. The number of methoxy groups -OCH3 is 1. The van der Waals surface area contributed by atoms with Gasteiger partial charge >= 0.3 is 6.03 Å². The Labute approximate surface area is 192 Å². The minimum absolute atomic E-state index is 0.0758. The number of nitrogens with zero attached hydrogens (tertiary/aromatic N) is 4. The Morgan fingerprint density at radius 3 is 2.73 bits per heavy atom. The molecule has 2 amide bonds. The predicted octanol–water partition coefficient (Wildman–Crippen LogP) is 1.83. The Bertz CT molecular complexity index is 1020. The zero-order chi connectivity index (χ0) is 22.8. The second-order valence-electron chi connectivity index (χ2n) is 8.44. The van der Waals surface area contributed by atoms with Crippen LogP contribution in [0.5, 0.6) is 5.75 Å². The molecule has 0 aliphatic carbocycles. The molecule has 1 atom stereocenters. The van der Waals surface area contributed by atoms with Gasteiger partial charge in [-0.25, -0.2) is 14.7 Å². The number of hydrogen-bond acceptors (Lipinski definition) is 8. The number of ether oxygens (including phenoxy) is 2. The molecule has 0 bridgehead atoms. The fourth-order valence-corrected chi connectivity index (χ4v) is 4.57. The van der Waals surface area contributed by atoms with Gasteiger partial charge in [-0.3, -0.25) is 5.73 Å². The van der Waals surface area contributed by atoms with Gasteiger partial charge < -0.3 is 29.0 Å². The Morgan fingerprint density at radius 2 is 1.97 bits per heavy atom. The van der Waals surface area contributed by atoms with Crippen LogP contribution >= 0.6 is 0 Å². The van der Waals surface area contributed by atoms with E-state index in [0.29, 0.717) is 51.7 Å². The number of carbonyl (C=O) groups excluding carboxylic acids is 1. The molecule has 1 aromatic carbocycles. The summed E-state index contributed by atoms with van der Waals surface area (Å²) in [5.74, 6) is 0.319. The summed E-state index contributed by atoms with van der Waals surface area (Å²) in [4.78, 5) is 23.5. The summed E-state index contributed by atoms with van der Waals surface area (Å²) in [5.41, 5.74) is 9.33. The number of rotatable bonds is 3.